The van der Waals surface area contributed by atoms with Crippen LogP contribution in [0.15, 0.2) is 39.9 Å². The normalized spacial score (nSPS) is 18.6. The molecule has 1 aliphatic rings. The Hall–Kier alpha value is -1.62. The van der Waals surface area contributed by atoms with E-state index < -0.39 is 38.7 Å². The molecule has 1 aromatic heterocycles. The number of nitrogens with one attached hydrogen (secondary N) is 1. The fraction of sp³-hybridized carbons (Fsp3) is 0.312. The maximum absolute atomic E-state index is 13.0. The van der Waals surface area contributed by atoms with Crippen LogP contribution in [0, 0.1) is 0 Å². The van der Waals surface area contributed by atoms with Gasteiger partial charge < -0.3 is 5.32 Å². The van der Waals surface area contributed by atoms with Gasteiger partial charge in [0.05, 0.1) is 10.6 Å². The summed E-state index contributed by atoms with van der Waals surface area (Å²) in [5.41, 5.74) is -1.17. The van der Waals surface area contributed by atoms with E-state index in [1.54, 1.807) is 11.4 Å². The first-order valence-electron chi connectivity index (χ1n) is 7.83. The Morgan fingerprint density at radius 2 is 2.04 bits per heavy atom. The molecule has 0 radical (unpaired) electrons. The van der Waals surface area contributed by atoms with Gasteiger partial charge in [0, 0.05) is 12.2 Å². The van der Waals surface area contributed by atoms with Crippen LogP contribution < -0.4 is 5.32 Å². The van der Waals surface area contributed by atoms with Crippen LogP contribution in [0.3, 0.4) is 0 Å². The number of nitrogens with zero attached hydrogens (tertiary/aromatic N) is 1. The van der Waals surface area contributed by atoms with Crippen LogP contribution in [0.1, 0.15) is 18.4 Å². The second-order valence-corrected chi connectivity index (χ2v) is 9.36. The fourth-order valence-corrected chi connectivity index (χ4v) is 5.86. The molecule has 11 heteroatoms. The number of carbonyl (C=O) groups is 1. The van der Waals surface area contributed by atoms with Crippen molar-refractivity contribution in [2.24, 2.45) is 0 Å². The highest BCUT2D eigenvalue weighted by molar-refractivity contribution is 7.91. The van der Waals surface area contributed by atoms with Crippen LogP contribution in [0.25, 0.3) is 0 Å². The Kier molecular flexibility index (Phi) is 5.53. The van der Waals surface area contributed by atoms with E-state index in [4.69, 9.17) is 11.6 Å². The molecular weight excluding hydrogens is 425 g/mol. The predicted molar refractivity (Wildman–Crippen MR) is 96.3 cm³/mol. The first-order valence-corrected chi connectivity index (χ1v) is 10.5. The Bertz CT molecular complexity index is 946. The van der Waals surface area contributed by atoms with Gasteiger partial charge in [-0.3, -0.25) is 4.79 Å². The third kappa shape index (κ3) is 4.13. The number of alkyl halides is 3. The molecule has 1 atom stereocenters. The van der Waals surface area contributed by atoms with Crippen molar-refractivity contribution in [2.75, 3.05) is 11.9 Å². The lowest BCUT2D eigenvalue weighted by Gasteiger charge is -2.23. The number of hydrogen-bond acceptors (Lipinski definition) is 4. The minimum Gasteiger partial charge on any atom is -0.325 e. The molecule has 1 amide bonds. The van der Waals surface area contributed by atoms with Crippen molar-refractivity contribution < 1.29 is 26.4 Å². The first-order chi connectivity index (χ1) is 12.6. The molecule has 146 valence electrons. The fourth-order valence-electron chi connectivity index (χ4n) is 2.86. The number of thiophene rings is 1. The summed E-state index contributed by atoms with van der Waals surface area (Å²) in [6, 6.07) is 5.06. The van der Waals surface area contributed by atoms with Gasteiger partial charge in [0.25, 0.3) is 10.0 Å². The van der Waals surface area contributed by atoms with Crippen molar-refractivity contribution >= 4 is 44.6 Å². The lowest BCUT2D eigenvalue weighted by atomic mass is 10.1. The van der Waals surface area contributed by atoms with Crippen LogP contribution in [-0.2, 0) is 21.0 Å². The van der Waals surface area contributed by atoms with Crippen molar-refractivity contribution in [2.45, 2.75) is 29.3 Å². The van der Waals surface area contributed by atoms with E-state index in [0.717, 1.165) is 27.8 Å². The monoisotopic (exact) mass is 438 g/mol. The molecule has 1 unspecified atom stereocenters. The van der Waals surface area contributed by atoms with Gasteiger partial charge in [-0.15, -0.1) is 11.3 Å². The zero-order chi connectivity index (χ0) is 19.8. The van der Waals surface area contributed by atoms with Crippen LogP contribution in [-0.4, -0.2) is 31.2 Å². The number of hydrogen-bond donors (Lipinski definition) is 1. The maximum atomic E-state index is 13.0. The van der Waals surface area contributed by atoms with E-state index in [0.29, 0.717) is 6.42 Å². The van der Waals surface area contributed by atoms with E-state index in [2.05, 4.69) is 5.32 Å². The average Bonchev–Trinajstić information content (AvgIpc) is 3.27. The minimum atomic E-state index is -4.67. The van der Waals surface area contributed by atoms with Crippen LogP contribution in [0.4, 0.5) is 18.9 Å². The number of rotatable bonds is 4. The van der Waals surface area contributed by atoms with Crippen LogP contribution >= 0.6 is 22.9 Å². The van der Waals surface area contributed by atoms with Gasteiger partial charge in [0.2, 0.25) is 5.91 Å². The van der Waals surface area contributed by atoms with E-state index in [-0.39, 0.29) is 22.9 Å². The summed E-state index contributed by atoms with van der Waals surface area (Å²) < 4.78 is 65.5. The zero-order valence-electron chi connectivity index (χ0n) is 13.7. The summed E-state index contributed by atoms with van der Waals surface area (Å²) in [6.07, 6.45) is -3.90. The third-order valence-electron chi connectivity index (χ3n) is 4.10. The topological polar surface area (TPSA) is 66.5 Å². The highest BCUT2D eigenvalue weighted by Gasteiger charge is 2.40. The molecule has 27 heavy (non-hydrogen) atoms. The molecule has 0 bridgehead atoms. The number of halogens is 4. The summed E-state index contributed by atoms with van der Waals surface area (Å²) in [5.74, 6) is -0.678. The summed E-state index contributed by atoms with van der Waals surface area (Å²) in [6.45, 7) is 0.173. The molecule has 0 saturated carbocycles. The van der Waals surface area contributed by atoms with Crippen molar-refractivity contribution in [1.82, 2.24) is 4.31 Å². The summed E-state index contributed by atoms with van der Waals surface area (Å²) >= 11 is 6.61. The molecule has 0 spiro atoms. The van der Waals surface area contributed by atoms with E-state index in [1.165, 1.54) is 12.1 Å². The highest BCUT2D eigenvalue weighted by Crippen LogP contribution is 2.36. The van der Waals surface area contributed by atoms with E-state index in [1.807, 2.05) is 0 Å². The van der Waals surface area contributed by atoms with E-state index >= 15 is 0 Å². The van der Waals surface area contributed by atoms with Crippen LogP contribution in [0.2, 0.25) is 5.02 Å². The zero-order valence-corrected chi connectivity index (χ0v) is 16.1. The van der Waals surface area contributed by atoms with Gasteiger partial charge in [-0.25, -0.2) is 8.42 Å². The Labute approximate surface area is 162 Å². The van der Waals surface area contributed by atoms with Gasteiger partial charge in [0.15, 0.2) is 0 Å². The number of carbonyl (C=O) groups excluding carboxylic acids is 1. The highest BCUT2D eigenvalue weighted by atomic mass is 35.5. The lowest BCUT2D eigenvalue weighted by Crippen LogP contribution is -2.42. The number of benzene rings is 1. The quantitative estimate of drug-likeness (QED) is 0.777. The molecule has 2 heterocycles. The van der Waals surface area contributed by atoms with Crippen LogP contribution in [0.5, 0.6) is 0 Å². The van der Waals surface area contributed by atoms with Crippen molar-refractivity contribution in [1.29, 1.82) is 0 Å². The second kappa shape index (κ2) is 7.42. The second-order valence-electron chi connectivity index (χ2n) is 5.89. The number of anilines is 1. The van der Waals surface area contributed by atoms with E-state index in [9.17, 15) is 26.4 Å². The number of amides is 1. The standard InChI is InChI=1S/C16H14ClF3N2O3S2/c17-12-6-5-10(9-11(12)16(18,19)20)21-15(23)13-3-1-7-22(13)27(24,25)14-4-2-8-26-14/h2,4-6,8-9,13H,1,3,7H2,(H,21,23). The molecule has 1 N–H and O–H groups in total. The minimum absolute atomic E-state index is 0.0999. The van der Waals surface area contributed by atoms with Crippen molar-refractivity contribution in [3.8, 4) is 0 Å². The smallest absolute Gasteiger partial charge is 0.325 e. The molecule has 5 nitrogen and oxygen atoms in total. The van der Waals surface area contributed by atoms with Gasteiger partial charge in [-0.1, -0.05) is 17.7 Å². The molecule has 0 aliphatic carbocycles. The summed E-state index contributed by atoms with van der Waals surface area (Å²) in [7, 11) is -3.83. The van der Waals surface area contributed by atoms with Gasteiger partial charge in [-0.05, 0) is 42.5 Å². The molecule has 1 fully saturated rings. The third-order valence-corrected chi connectivity index (χ3v) is 7.71. The van der Waals surface area contributed by atoms with Crippen molar-refractivity contribution in [3.63, 3.8) is 0 Å². The molecule has 3 rings (SSSR count). The maximum Gasteiger partial charge on any atom is 0.417 e. The average molecular weight is 439 g/mol. The molecular formula is C16H14ClF3N2O3S2. The Morgan fingerprint density at radius 3 is 2.67 bits per heavy atom. The molecule has 1 saturated heterocycles. The summed E-state index contributed by atoms with van der Waals surface area (Å²) in [4.78, 5) is 12.6. The Balaban J connectivity index is 1.82. The van der Waals surface area contributed by atoms with Gasteiger partial charge in [0.1, 0.15) is 10.3 Å². The SMILES string of the molecule is O=C(Nc1ccc(Cl)c(C(F)(F)F)c1)C1CCCN1S(=O)(=O)c1cccs1. The van der Waals surface area contributed by atoms with Crippen molar-refractivity contribution in [3.05, 3.63) is 46.3 Å². The molecule has 1 aliphatic heterocycles. The van der Waals surface area contributed by atoms with Gasteiger partial charge >= 0.3 is 6.18 Å². The summed E-state index contributed by atoms with van der Waals surface area (Å²) in [5, 5.41) is 3.50. The Morgan fingerprint density at radius 1 is 1.30 bits per heavy atom. The number of sulfonamides is 1. The molecule has 2 aromatic rings. The largest absolute Gasteiger partial charge is 0.417 e. The lowest BCUT2D eigenvalue weighted by molar-refractivity contribution is -0.137. The van der Waals surface area contributed by atoms with Gasteiger partial charge in [-0.2, -0.15) is 17.5 Å². The molecule has 1 aromatic carbocycles. The first kappa shape index (κ1) is 20.1. The predicted octanol–water partition coefficient (Wildman–Crippen LogP) is 4.21.